The van der Waals surface area contributed by atoms with E-state index >= 15 is 4.79 Å². The van der Waals surface area contributed by atoms with Crippen LogP contribution in [0.1, 0.15) is 182 Å². The first kappa shape index (κ1) is 89.6. The highest BCUT2D eigenvalue weighted by Crippen LogP contribution is 2.24. The third kappa shape index (κ3) is 28.2. The highest BCUT2D eigenvalue weighted by Gasteiger charge is 2.43. The summed E-state index contributed by atoms with van der Waals surface area (Å²) in [6, 6.07) is -12.2. The van der Waals surface area contributed by atoms with Gasteiger partial charge in [0, 0.05) is 81.2 Å². The van der Waals surface area contributed by atoms with Crippen LogP contribution in [0.2, 0.25) is 0 Å². The van der Waals surface area contributed by atoms with Gasteiger partial charge in [-0.15, -0.1) is 0 Å². The lowest BCUT2D eigenvalue weighted by atomic mass is 9.94. The molecular weight excluding hydrogens is 1280 g/mol. The third-order valence-electron chi connectivity index (χ3n) is 18.3. The predicted molar refractivity (Wildman–Crippen MR) is 375 cm³/mol. The van der Waals surface area contributed by atoms with Crippen molar-refractivity contribution in [1.82, 2.24) is 67.0 Å². The molecule has 1 heterocycles. The van der Waals surface area contributed by atoms with Crippen molar-refractivity contribution in [3.05, 3.63) is 0 Å². The molecule has 0 aromatic heterocycles. The van der Waals surface area contributed by atoms with Crippen molar-refractivity contribution in [2.75, 3.05) is 68.6 Å². The molecule has 1 rings (SSSR count). The number of nitrogens with one attached hydrogen (secondary N) is 8. The molecule has 1 saturated heterocycles. The SMILES string of the molecule is CC[C@H](C)[C@H]1C(=O)NCCC(=O)N[C@H]([C@@H](C)CC)C(=O)N(C)[C@H](C(C)C)C(=O)N[C@H](C)C(=O)NCCC(=O)N[C@H](CC(C)C)C(=O)N(C)[C@H]([C@@H](C)CC)C(=O)O[C@@H](C)[C@H](NC(=O)[C@H](CC(C)C)N(C)C(=O)[C@@H](NC(=O)COC)C(C)C)C(=O)N(C)CCC(=O)N[C@H](CC(C)C)C(=O)N1C. The zero-order chi connectivity index (χ0) is 76.2. The number of nitrogens with zero attached hydrogens (tertiary/aromatic N) is 5. The summed E-state index contributed by atoms with van der Waals surface area (Å²) in [5.74, 6) is -12.4. The van der Waals surface area contributed by atoms with Crippen LogP contribution in [-0.4, -0.2) is 242 Å². The van der Waals surface area contributed by atoms with Crippen LogP contribution in [0.5, 0.6) is 0 Å². The van der Waals surface area contributed by atoms with Crippen LogP contribution in [0.25, 0.3) is 0 Å². The highest BCUT2D eigenvalue weighted by atomic mass is 16.5. The Hall–Kier alpha value is -7.46. The summed E-state index contributed by atoms with van der Waals surface area (Å²) in [7, 11) is 8.34. The van der Waals surface area contributed by atoms with Crippen molar-refractivity contribution >= 4 is 82.8 Å². The van der Waals surface area contributed by atoms with E-state index in [0.29, 0.717) is 19.3 Å². The molecule has 0 spiro atoms. The second kappa shape index (κ2) is 43.3. The minimum absolute atomic E-state index is 0.0631. The van der Waals surface area contributed by atoms with Crippen LogP contribution in [0, 0.1) is 47.3 Å². The van der Waals surface area contributed by atoms with E-state index in [0.717, 1.165) is 4.90 Å². The standard InChI is InChI=1S/C70H125N13O16/c1-25-43(14)56-69(96)81(21)58(42(12)13)64(91)73-46(17)61(88)71-31-28-51(84)74-49(35-39(6)7)66(93)83(23)60(45(16)27-3)70(97)99-47(18)57(78-62(89)50(36-40(8)9)80(20)68(95)55(41(10)11)77-54(87)37-98-24)67(94)79(19)33-30-53(86)75-48(34-38(4)5)65(92)82(22)59(44(15)26-2)63(90)72-32-29-52(85)76-56/h38-50,55-60H,25-37H2,1-24H3,(H,71,88)(H,72,90)(H,73,91)(H,74,84)(H,75,86)(H,76,85)(H,77,87)(H,78,89)/t43-,44-,45-,46+,47-,48+,49+,50-,55-,56+,57-,58+,59-,60+/m0/s1. The zero-order valence-electron chi connectivity index (χ0n) is 63.9. The first-order valence-corrected chi connectivity index (χ1v) is 35.4. The van der Waals surface area contributed by atoms with Gasteiger partial charge in [-0.25, -0.2) is 4.79 Å². The summed E-state index contributed by atoms with van der Waals surface area (Å²) in [4.78, 5) is 205. The Morgan fingerprint density at radius 2 is 1.04 bits per heavy atom. The number of carbonyl (C=O) groups is 14. The molecule has 29 nitrogen and oxygen atoms in total. The molecule has 14 atom stereocenters. The maximum Gasteiger partial charge on any atom is 0.329 e. The lowest BCUT2D eigenvalue weighted by molar-refractivity contribution is -0.164. The van der Waals surface area contributed by atoms with Gasteiger partial charge in [0.15, 0.2) is 0 Å². The van der Waals surface area contributed by atoms with Crippen LogP contribution in [-0.2, 0) is 76.6 Å². The number of hydrogen-bond donors (Lipinski definition) is 8. The average molecular weight is 1400 g/mol. The zero-order valence-corrected chi connectivity index (χ0v) is 63.9. The molecule has 0 unspecified atom stereocenters. The van der Waals surface area contributed by atoms with Gasteiger partial charge < -0.3 is 76.5 Å². The molecule has 8 N–H and O–H groups in total. The Morgan fingerprint density at radius 3 is 1.51 bits per heavy atom. The lowest BCUT2D eigenvalue weighted by Gasteiger charge is -2.37. The molecule has 1 fully saturated rings. The van der Waals surface area contributed by atoms with E-state index in [1.807, 2.05) is 55.4 Å². The van der Waals surface area contributed by atoms with E-state index in [1.165, 1.54) is 75.8 Å². The maximum absolute atomic E-state index is 15.1. The van der Waals surface area contributed by atoms with Gasteiger partial charge in [0.25, 0.3) is 0 Å². The van der Waals surface area contributed by atoms with Crippen molar-refractivity contribution < 1.29 is 76.6 Å². The van der Waals surface area contributed by atoms with Gasteiger partial charge in [-0.3, -0.25) is 62.3 Å². The van der Waals surface area contributed by atoms with Gasteiger partial charge in [-0.05, 0) is 80.5 Å². The maximum atomic E-state index is 15.1. The van der Waals surface area contributed by atoms with Crippen LogP contribution in [0.4, 0.5) is 0 Å². The fourth-order valence-electron chi connectivity index (χ4n) is 11.8. The highest BCUT2D eigenvalue weighted by molar-refractivity contribution is 5.97. The Kier molecular flexibility index (Phi) is 39.1. The Balaban J connectivity index is 4.20. The molecule has 0 aromatic carbocycles. The Labute approximate surface area is 589 Å². The predicted octanol–water partition coefficient (Wildman–Crippen LogP) is 2.26. The summed E-state index contributed by atoms with van der Waals surface area (Å²) in [6.45, 7) is 30.3. The van der Waals surface area contributed by atoms with E-state index in [4.69, 9.17) is 9.47 Å². The van der Waals surface area contributed by atoms with E-state index in [1.54, 1.807) is 55.4 Å². The number of ether oxygens (including phenoxy) is 2. The second-order valence-corrected chi connectivity index (χ2v) is 28.9. The van der Waals surface area contributed by atoms with Gasteiger partial charge in [-0.2, -0.15) is 0 Å². The molecule has 0 bridgehead atoms. The normalized spacial score (nSPS) is 24.8. The number of hydrogen-bond acceptors (Lipinski definition) is 16. The molecule has 0 aliphatic carbocycles. The average Bonchev–Trinajstić information content (AvgIpc) is 0.839. The van der Waals surface area contributed by atoms with Crippen LogP contribution >= 0.6 is 0 Å². The van der Waals surface area contributed by atoms with Crippen molar-refractivity contribution in [3.63, 3.8) is 0 Å². The first-order chi connectivity index (χ1) is 46.0. The number of carbonyl (C=O) groups excluding carboxylic acids is 14. The fourth-order valence-corrected chi connectivity index (χ4v) is 11.8. The van der Waals surface area contributed by atoms with Gasteiger partial charge in [0.1, 0.15) is 73.1 Å². The van der Waals surface area contributed by atoms with Crippen molar-refractivity contribution in [3.8, 4) is 0 Å². The number of cyclic esters (lactones) is 1. The molecule has 1 aliphatic heterocycles. The number of esters is 1. The van der Waals surface area contributed by atoms with Crippen molar-refractivity contribution in [1.29, 1.82) is 0 Å². The molecule has 0 aromatic rings. The quantitative estimate of drug-likeness (QED) is 0.0764. The van der Waals surface area contributed by atoms with Gasteiger partial charge in [0.2, 0.25) is 76.8 Å². The molecular formula is C70H125N13O16. The monoisotopic (exact) mass is 1400 g/mol. The summed E-state index contributed by atoms with van der Waals surface area (Å²) in [5, 5.41) is 21.9. The summed E-state index contributed by atoms with van der Waals surface area (Å²) in [6.07, 6.45) is -0.957. The van der Waals surface area contributed by atoms with Crippen molar-refractivity contribution in [2.45, 2.75) is 249 Å². The lowest BCUT2D eigenvalue weighted by Crippen LogP contribution is -2.61. The number of amides is 13. The Bertz CT molecular complexity index is 2730. The van der Waals surface area contributed by atoms with Crippen LogP contribution < -0.4 is 42.5 Å². The largest absolute Gasteiger partial charge is 0.458 e. The minimum atomic E-state index is -1.71. The second-order valence-electron chi connectivity index (χ2n) is 28.9. The molecule has 29 heteroatoms. The molecule has 566 valence electrons. The van der Waals surface area contributed by atoms with Gasteiger partial charge >= 0.3 is 5.97 Å². The first-order valence-electron chi connectivity index (χ1n) is 35.4. The van der Waals surface area contributed by atoms with Crippen LogP contribution in [0.3, 0.4) is 0 Å². The van der Waals surface area contributed by atoms with Crippen molar-refractivity contribution in [2.24, 2.45) is 47.3 Å². The topological polar surface area (TPSA) is 370 Å². The van der Waals surface area contributed by atoms with Gasteiger partial charge in [-0.1, -0.05) is 130 Å². The van der Waals surface area contributed by atoms with E-state index in [9.17, 15) is 62.3 Å². The smallest absolute Gasteiger partial charge is 0.329 e. The summed E-state index contributed by atoms with van der Waals surface area (Å²) >= 11 is 0. The van der Waals surface area contributed by atoms with E-state index in [-0.39, 0.29) is 76.1 Å². The molecule has 13 amide bonds. The number of rotatable bonds is 21. The number of methoxy groups -OCH3 is 1. The number of likely N-dealkylation sites (N-methyl/N-ethyl adjacent to an activating group) is 5. The molecule has 1 aliphatic rings. The summed E-state index contributed by atoms with van der Waals surface area (Å²) in [5.41, 5.74) is 0. The summed E-state index contributed by atoms with van der Waals surface area (Å²) < 4.78 is 11.1. The fraction of sp³-hybridized carbons (Fsp3) is 0.800. The Morgan fingerprint density at radius 1 is 0.576 bits per heavy atom. The van der Waals surface area contributed by atoms with E-state index in [2.05, 4.69) is 42.5 Å². The van der Waals surface area contributed by atoms with Gasteiger partial charge in [0.05, 0.1) is 0 Å². The minimum Gasteiger partial charge on any atom is -0.458 e. The molecule has 0 saturated carbocycles. The van der Waals surface area contributed by atoms with E-state index < -0.39 is 185 Å². The third-order valence-corrected chi connectivity index (χ3v) is 18.3. The molecule has 0 radical (unpaired) electrons. The molecule has 99 heavy (non-hydrogen) atoms. The van der Waals surface area contributed by atoms with Crippen LogP contribution in [0.15, 0.2) is 0 Å².